The summed E-state index contributed by atoms with van der Waals surface area (Å²) >= 11 is 0. The first-order valence-corrected chi connectivity index (χ1v) is 20.7. The fourth-order valence-corrected chi connectivity index (χ4v) is 7.67. The van der Waals surface area contributed by atoms with E-state index >= 15 is 0 Å². The first-order valence-electron chi connectivity index (χ1n) is 20.7. The second-order valence-electron chi connectivity index (χ2n) is 17.2. The lowest BCUT2D eigenvalue weighted by Gasteiger charge is -2.37. The predicted molar refractivity (Wildman–Crippen MR) is 239 cm³/mol. The monoisotopic (exact) mass is 781 g/mol. The molecule has 7 aromatic rings. The van der Waals surface area contributed by atoms with Gasteiger partial charge in [-0.1, -0.05) is 133 Å². The SMILES string of the molecule is CC(C)(C)c1ccc(C(c2ccccc2)(c2ccc(OCCOCCOc3ccc(C[n+]4ccc(-c5ccncc5)cc4)cc3)cc2)c2ccc(C(C)(C)C)cc2)cc1. The van der Waals surface area contributed by atoms with Gasteiger partial charge in [-0.25, -0.2) is 4.57 Å². The number of hydrogen-bond acceptors (Lipinski definition) is 4. The number of hydrogen-bond donors (Lipinski definition) is 0. The molecule has 0 unspecified atom stereocenters. The van der Waals surface area contributed by atoms with E-state index in [0.29, 0.717) is 26.4 Å². The average Bonchev–Trinajstić information content (AvgIpc) is 3.25. The van der Waals surface area contributed by atoms with E-state index in [4.69, 9.17) is 14.2 Å². The van der Waals surface area contributed by atoms with Crippen LogP contribution in [0.25, 0.3) is 11.1 Å². The topological polar surface area (TPSA) is 44.5 Å². The molecule has 0 spiro atoms. The van der Waals surface area contributed by atoms with Gasteiger partial charge in [0.1, 0.15) is 24.7 Å². The molecule has 0 bridgehead atoms. The smallest absolute Gasteiger partial charge is 0.173 e. The fourth-order valence-electron chi connectivity index (χ4n) is 7.67. The van der Waals surface area contributed by atoms with Crippen molar-refractivity contribution in [2.45, 2.75) is 64.3 Å². The zero-order valence-electron chi connectivity index (χ0n) is 35.4. The molecule has 5 aromatic carbocycles. The molecular formula is C54H57N2O3+. The molecule has 0 aliphatic rings. The molecule has 0 saturated heterocycles. The molecule has 0 radical (unpaired) electrons. The third-order valence-electron chi connectivity index (χ3n) is 11.0. The molecule has 0 aliphatic heterocycles. The molecule has 7 rings (SSSR count). The van der Waals surface area contributed by atoms with E-state index < -0.39 is 5.41 Å². The van der Waals surface area contributed by atoms with Crippen molar-refractivity contribution in [3.63, 3.8) is 0 Å². The summed E-state index contributed by atoms with van der Waals surface area (Å²) in [4.78, 5) is 4.11. The van der Waals surface area contributed by atoms with Gasteiger partial charge in [0.05, 0.1) is 18.6 Å². The normalized spacial score (nSPS) is 12.0. The number of aromatic nitrogens is 2. The second-order valence-corrected chi connectivity index (χ2v) is 17.2. The van der Waals surface area contributed by atoms with Crippen LogP contribution in [0, 0.1) is 0 Å². The van der Waals surface area contributed by atoms with Crippen molar-refractivity contribution in [1.82, 2.24) is 4.98 Å². The van der Waals surface area contributed by atoms with Crippen LogP contribution in [0.3, 0.4) is 0 Å². The maximum Gasteiger partial charge on any atom is 0.173 e. The summed E-state index contributed by atoms with van der Waals surface area (Å²) in [5, 5.41) is 0. The van der Waals surface area contributed by atoms with E-state index in [1.807, 2.05) is 36.7 Å². The average molecular weight is 782 g/mol. The minimum atomic E-state index is -0.539. The molecule has 0 fully saturated rings. The third-order valence-corrected chi connectivity index (χ3v) is 11.0. The molecule has 59 heavy (non-hydrogen) atoms. The van der Waals surface area contributed by atoms with Gasteiger partial charge < -0.3 is 14.2 Å². The number of nitrogens with zero attached hydrogens (tertiary/aromatic N) is 2. The first kappa shape index (κ1) is 41.1. The van der Waals surface area contributed by atoms with Crippen LogP contribution >= 0.6 is 0 Å². The van der Waals surface area contributed by atoms with Crippen LogP contribution < -0.4 is 14.0 Å². The predicted octanol–water partition coefficient (Wildman–Crippen LogP) is 11.5. The molecule has 0 N–H and O–H groups in total. The summed E-state index contributed by atoms with van der Waals surface area (Å²) in [6, 6.07) is 54.5. The van der Waals surface area contributed by atoms with Gasteiger partial charge >= 0.3 is 0 Å². The maximum absolute atomic E-state index is 6.18. The number of pyridine rings is 2. The molecule has 0 saturated carbocycles. The van der Waals surface area contributed by atoms with Crippen molar-refractivity contribution in [2.24, 2.45) is 0 Å². The van der Waals surface area contributed by atoms with E-state index in [2.05, 4.69) is 191 Å². The van der Waals surface area contributed by atoms with E-state index in [-0.39, 0.29) is 10.8 Å². The Morgan fingerprint density at radius 2 is 0.831 bits per heavy atom. The van der Waals surface area contributed by atoms with Crippen LogP contribution in [0.15, 0.2) is 176 Å². The molecule has 2 aromatic heterocycles. The quantitative estimate of drug-likeness (QED) is 0.0590. The van der Waals surface area contributed by atoms with Crippen LogP contribution in [0.5, 0.6) is 11.5 Å². The van der Waals surface area contributed by atoms with E-state index in [1.165, 1.54) is 44.5 Å². The van der Waals surface area contributed by atoms with Gasteiger partial charge in [-0.3, -0.25) is 4.98 Å². The summed E-state index contributed by atoms with van der Waals surface area (Å²) in [6.07, 6.45) is 7.85. The van der Waals surface area contributed by atoms with Crippen molar-refractivity contribution in [1.29, 1.82) is 0 Å². The summed E-state index contributed by atoms with van der Waals surface area (Å²) in [7, 11) is 0. The highest BCUT2D eigenvalue weighted by Crippen LogP contribution is 2.46. The minimum Gasteiger partial charge on any atom is -0.491 e. The van der Waals surface area contributed by atoms with Gasteiger partial charge in [-0.15, -0.1) is 0 Å². The van der Waals surface area contributed by atoms with Gasteiger partial charge in [-0.2, -0.15) is 0 Å². The molecule has 0 aliphatic carbocycles. The Balaban J connectivity index is 0.961. The van der Waals surface area contributed by atoms with Gasteiger partial charge in [0.25, 0.3) is 0 Å². The van der Waals surface area contributed by atoms with Gasteiger partial charge in [-0.05, 0) is 104 Å². The lowest BCUT2D eigenvalue weighted by Crippen LogP contribution is -2.32. The summed E-state index contributed by atoms with van der Waals surface area (Å²) < 4.78 is 20.2. The minimum absolute atomic E-state index is 0.0563. The van der Waals surface area contributed by atoms with Crippen LogP contribution in [0.1, 0.15) is 80.5 Å². The van der Waals surface area contributed by atoms with Crippen LogP contribution in [-0.4, -0.2) is 31.4 Å². The van der Waals surface area contributed by atoms with Gasteiger partial charge in [0.2, 0.25) is 0 Å². The van der Waals surface area contributed by atoms with E-state index in [9.17, 15) is 0 Å². The number of rotatable bonds is 15. The van der Waals surface area contributed by atoms with Crippen LogP contribution in [-0.2, 0) is 27.5 Å². The van der Waals surface area contributed by atoms with E-state index in [0.717, 1.165) is 23.6 Å². The van der Waals surface area contributed by atoms with E-state index in [1.54, 1.807) is 0 Å². The van der Waals surface area contributed by atoms with Crippen molar-refractivity contribution >= 4 is 0 Å². The number of ether oxygens (including phenoxy) is 3. The van der Waals surface area contributed by atoms with Crippen molar-refractivity contribution < 1.29 is 18.8 Å². The van der Waals surface area contributed by atoms with Crippen molar-refractivity contribution in [2.75, 3.05) is 26.4 Å². The van der Waals surface area contributed by atoms with Crippen LogP contribution in [0.2, 0.25) is 0 Å². The Bertz CT molecular complexity index is 2290. The summed E-state index contributed by atoms with van der Waals surface area (Å²) in [5.74, 6) is 1.64. The Hall–Kier alpha value is -6.04. The lowest BCUT2D eigenvalue weighted by atomic mass is 9.64. The Labute approximate surface area is 351 Å². The molecular weight excluding hydrogens is 725 g/mol. The lowest BCUT2D eigenvalue weighted by molar-refractivity contribution is -0.688. The summed E-state index contributed by atoms with van der Waals surface area (Å²) in [5.41, 5.74) is 10.6. The van der Waals surface area contributed by atoms with Gasteiger partial charge in [0.15, 0.2) is 18.9 Å². The summed E-state index contributed by atoms with van der Waals surface area (Å²) in [6.45, 7) is 16.2. The molecule has 300 valence electrons. The third kappa shape index (κ3) is 9.99. The first-order chi connectivity index (χ1) is 28.5. The highest BCUT2D eigenvalue weighted by atomic mass is 16.5. The number of benzene rings is 5. The fraction of sp³-hybridized carbons (Fsp3) is 0.259. The molecule has 2 heterocycles. The van der Waals surface area contributed by atoms with Crippen LogP contribution in [0.4, 0.5) is 0 Å². The Morgan fingerprint density at radius 3 is 1.31 bits per heavy atom. The zero-order chi connectivity index (χ0) is 41.3. The Morgan fingerprint density at radius 1 is 0.424 bits per heavy atom. The van der Waals surface area contributed by atoms with Crippen molar-refractivity contribution in [3.8, 4) is 22.6 Å². The maximum atomic E-state index is 6.18. The highest BCUT2D eigenvalue weighted by Gasteiger charge is 2.39. The highest BCUT2D eigenvalue weighted by molar-refractivity contribution is 5.62. The molecule has 0 amide bonds. The molecule has 5 nitrogen and oxygen atoms in total. The second kappa shape index (κ2) is 18.3. The largest absolute Gasteiger partial charge is 0.491 e. The standard InChI is InChI=1S/C54H57N2O3/c1-52(2,3)44-14-18-47(19-15-44)54(46-10-8-7-9-11-46,48-20-16-45(17-21-48)53(4,5)6)49-22-26-51(27-23-49)59-39-37-57-36-38-58-50-24-12-41(13-25-50)40-56-34-30-43(31-35-56)42-28-32-55-33-29-42/h7-35H,36-40H2,1-6H3/q+1. The molecule has 5 heteroatoms. The molecule has 0 atom stereocenters. The van der Waals surface area contributed by atoms with Gasteiger partial charge in [0, 0.05) is 30.1 Å². The van der Waals surface area contributed by atoms with Crippen molar-refractivity contribution in [3.05, 3.63) is 215 Å². The zero-order valence-corrected chi connectivity index (χ0v) is 35.4. The Kier molecular flexibility index (Phi) is 12.7.